The van der Waals surface area contributed by atoms with Crippen LogP contribution in [0.3, 0.4) is 0 Å². The Morgan fingerprint density at radius 3 is 2.50 bits per heavy atom. The number of rotatable bonds is 4. The molecule has 70 valence electrons. The average Bonchev–Trinajstić information content (AvgIpc) is 2.01. The molecule has 0 aromatic carbocycles. The molecule has 0 fully saturated rings. The third-order valence-electron chi connectivity index (χ3n) is 1.26. The van der Waals surface area contributed by atoms with E-state index in [1.165, 1.54) is 14.0 Å². The molecule has 0 saturated heterocycles. The van der Waals surface area contributed by atoms with Crippen molar-refractivity contribution >= 4 is 11.9 Å². The highest BCUT2D eigenvalue weighted by Gasteiger charge is 2.18. The second-order valence-electron chi connectivity index (χ2n) is 2.25. The van der Waals surface area contributed by atoms with E-state index in [-0.39, 0.29) is 12.3 Å². The van der Waals surface area contributed by atoms with Crippen molar-refractivity contribution in [2.24, 2.45) is 0 Å². The monoisotopic (exact) mass is 177 g/mol. The van der Waals surface area contributed by atoms with E-state index in [0.29, 0.717) is 0 Å². The van der Waals surface area contributed by atoms with Crippen LogP contribution in [0.1, 0.15) is 13.3 Å². The minimum absolute atomic E-state index is 0.0494. The zero-order chi connectivity index (χ0) is 9.56. The molecule has 0 aromatic heterocycles. The molecule has 0 radical (unpaired) electrons. The Morgan fingerprint density at radius 1 is 1.58 bits per heavy atom. The first-order valence-corrected chi connectivity index (χ1v) is 3.52. The van der Waals surface area contributed by atoms with E-state index in [1.54, 1.807) is 0 Å². The predicted octanol–water partition coefficient (Wildman–Crippen LogP) is 0.0237. The second-order valence-corrected chi connectivity index (χ2v) is 2.25. The van der Waals surface area contributed by atoms with E-state index in [1.807, 2.05) is 0 Å². The van der Waals surface area contributed by atoms with Gasteiger partial charge in [-0.3, -0.25) is 9.18 Å². The summed E-state index contributed by atoms with van der Waals surface area (Å²) in [5.41, 5.74) is 0. The molecule has 1 N–H and O–H groups in total. The lowest BCUT2D eigenvalue weighted by atomic mass is 10.2. The molecular weight excluding hydrogens is 165 g/mol. The largest absolute Gasteiger partial charge is 0.467 e. The number of ether oxygens (including phenoxy) is 1. The number of hydrogen-bond acceptors (Lipinski definition) is 3. The summed E-state index contributed by atoms with van der Waals surface area (Å²) in [6.45, 7) is 0.591. The highest BCUT2D eigenvalue weighted by molar-refractivity contribution is 5.83. The van der Waals surface area contributed by atoms with Crippen LogP contribution in [0.25, 0.3) is 0 Å². The summed E-state index contributed by atoms with van der Waals surface area (Å²) < 4.78 is 16.2. The van der Waals surface area contributed by atoms with E-state index in [9.17, 15) is 14.0 Å². The molecular formula is C7H12FNO3. The van der Waals surface area contributed by atoms with Crippen molar-refractivity contribution < 1.29 is 18.7 Å². The third-order valence-corrected chi connectivity index (χ3v) is 1.26. The summed E-state index contributed by atoms with van der Waals surface area (Å²) in [6.07, 6.45) is -0.0494. The Kier molecular flexibility index (Phi) is 4.99. The number of alkyl halides is 1. The standard InChI is InChI=1S/C7H12FNO3/c1-5(10)9-6(3-4-8)7(11)12-2/h6H,3-4H2,1-2H3,(H,9,10). The van der Waals surface area contributed by atoms with Crippen LogP contribution in [-0.2, 0) is 14.3 Å². The summed E-state index contributed by atoms with van der Waals surface area (Å²) in [7, 11) is 1.19. The summed E-state index contributed by atoms with van der Waals surface area (Å²) in [5, 5.41) is 2.28. The van der Waals surface area contributed by atoms with Crippen molar-refractivity contribution in [3.63, 3.8) is 0 Å². The smallest absolute Gasteiger partial charge is 0.328 e. The van der Waals surface area contributed by atoms with Crippen molar-refractivity contribution in [3.05, 3.63) is 0 Å². The maximum atomic E-state index is 11.8. The summed E-state index contributed by atoms with van der Waals surface area (Å²) >= 11 is 0. The fourth-order valence-corrected chi connectivity index (χ4v) is 0.746. The van der Waals surface area contributed by atoms with Gasteiger partial charge in [-0.1, -0.05) is 0 Å². The van der Waals surface area contributed by atoms with Crippen LogP contribution in [0, 0.1) is 0 Å². The number of methoxy groups -OCH3 is 1. The lowest BCUT2D eigenvalue weighted by Crippen LogP contribution is -2.40. The zero-order valence-electron chi connectivity index (χ0n) is 7.09. The Balaban J connectivity index is 4.02. The molecule has 0 aromatic rings. The third kappa shape index (κ3) is 3.90. The number of esters is 1. The van der Waals surface area contributed by atoms with Gasteiger partial charge in [0.1, 0.15) is 6.04 Å². The van der Waals surface area contributed by atoms with E-state index in [2.05, 4.69) is 10.1 Å². The normalized spacial score (nSPS) is 11.9. The quantitative estimate of drug-likeness (QED) is 0.616. The van der Waals surface area contributed by atoms with Crippen LogP contribution in [-0.4, -0.2) is 31.7 Å². The average molecular weight is 177 g/mol. The molecule has 4 nitrogen and oxygen atoms in total. The van der Waals surface area contributed by atoms with Crippen LogP contribution in [0.15, 0.2) is 0 Å². The molecule has 12 heavy (non-hydrogen) atoms. The first-order valence-electron chi connectivity index (χ1n) is 3.52. The molecule has 0 aliphatic rings. The van der Waals surface area contributed by atoms with Crippen molar-refractivity contribution in [3.8, 4) is 0 Å². The first kappa shape index (κ1) is 10.9. The summed E-state index contributed by atoms with van der Waals surface area (Å²) in [5.74, 6) is -0.998. The predicted molar refractivity (Wildman–Crippen MR) is 40.2 cm³/mol. The second kappa shape index (κ2) is 5.51. The molecule has 0 rings (SSSR count). The molecule has 0 aliphatic heterocycles. The number of amides is 1. The van der Waals surface area contributed by atoms with Gasteiger partial charge in [0.2, 0.25) is 5.91 Å². The van der Waals surface area contributed by atoms with Crippen molar-refractivity contribution in [1.29, 1.82) is 0 Å². The number of nitrogens with one attached hydrogen (secondary N) is 1. The maximum Gasteiger partial charge on any atom is 0.328 e. The lowest BCUT2D eigenvalue weighted by Gasteiger charge is -2.12. The SMILES string of the molecule is COC(=O)C(CCF)NC(C)=O. The van der Waals surface area contributed by atoms with Crippen LogP contribution < -0.4 is 5.32 Å². The van der Waals surface area contributed by atoms with Crippen LogP contribution in [0.4, 0.5) is 4.39 Å². The maximum absolute atomic E-state index is 11.8. The van der Waals surface area contributed by atoms with Gasteiger partial charge >= 0.3 is 5.97 Å². The molecule has 0 heterocycles. The lowest BCUT2D eigenvalue weighted by molar-refractivity contribution is -0.145. The minimum Gasteiger partial charge on any atom is -0.467 e. The van der Waals surface area contributed by atoms with E-state index >= 15 is 0 Å². The Hall–Kier alpha value is -1.13. The molecule has 1 amide bonds. The van der Waals surface area contributed by atoms with Gasteiger partial charge in [-0.15, -0.1) is 0 Å². The van der Waals surface area contributed by atoms with E-state index < -0.39 is 18.7 Å². The Bertz CT molecular complexity index is 172. The van der Waals surface area contributed by atoms with Gasteiger partial charge in [-0.05, 0) is 0 Å². The Labute approximate surface area is 70.1 Å². The minimum atomic E-state index is -0.863. The van der Waals surface area contributed by atoms with E-state index in [0.717, 1.165) is 0 Å². The summed E-state index contributed by atoms with van der Waals surface area (Å²) in [4.78, 5) is 21.3. The van der Waals surface area contributed by atoms with E-state index in [4.69, 9.17) is 0 Å². The number of hydrogen-bond donors (Lipinski definition) is 1. The van der Waals surface area contributed by atoms with Crippen molar-refractivity contribution in [1.82, 2.24) is 5.32 Å². The van der Waals surface area contributed by atoms with Gasteiger partial charge in [0.05, 0.1) is 13.8 Å². The van der Waals surface area contributed by atoms with Gasteiger partial charge < -0.3 is 10.1 Å². The number of carbonyl (C=O) groups is 2. The van der Waals surface area contributed by atoms with Gasteiger partial charge in [-0.25, -0.2) is 4.79 Å². The molecule has 0 saturated carbocycles. The molecule has 0 spiro atoms. The van der Waals surface area contributed by atoms with Crippen LogP contribution in [0.5, 0.6) is 0 Å². The van der Waals surface area contributed by atoms with Gasteiger partial charge in [0.15, 0.2) is 0 Å². The van der Waals surface area contributed by atoms with Crippen molar-refractivity contribution in [2.45, 2.75) is 19.4 Å². The number of halogens is 1. The summed E-state index contributed by atoms with van der Waals surface area (Å²) in [6, 6.07) is -0.863. The van der Waals surface area contributed by atoms with Gasteiger partial charge in [0.25, 0.3) is 0 Å². The fraction of sp³-hybridized carbons (Fsp3) is 0.714. The molecule has 5 heteroatoms. The topological polar surface area (TPSA) is 55.4 Å². The van der Waals surface area contributed by atoms with Crippen LogP contribution >= 0.6 is 0 Å². The number of carbonyl (C=O) groups excluding carboxylic acids is 2. The van der Waals surface area contributed by atoms with Gasteiger partial charge in [-0.2, -0.15) is 0 Å². The Morgan fingerprint density at radius 2 is 2.17 bits per heavy atom. The highest BCUT2D eigenvalue weighted by Crippen LogP contribution is 1.95. The van der Waals surface area contributed by atoms with Crippen LogP contribution in [0.2, 0.25) is 0 Å². The van der Waals surface area contributed by atoms with Crippen molar-refractivity contribution in [2.75, 3.05) is 13.8 Å². The van der Waals surface area contributed by atoms with Gasteiger partial charge in [0, 0.05) is 13.3 Å². The highest BCUT2D eigenvalue weighted by atomic mass is 19.1. The fourth-order valence-electron chi connectivity index (χ4n) is 0.746. The zero-order valence-corrected chi connectivity index (χ0v) is 7.09. The molecule has 1 unspecified atom stereocenters. The molecule has 0 aliphatic carbocycles. The first-order chi connectivity index (χ1) is 5.61. The molecule has 1 atom stereocenters. The molecule has 0 bridgehead atoms.